The molecule has 0 amide bonds. The zero-order valence-corrected chi connectivity index (χ0v) is 8.95. The molecule has 17 heavy (non-hydrogen) atoms. The first-order valence-corrected chi connectivity index (χ1v) is 5.24. The maximum absolute atomic E-state index is 11.6. The predicted molar refractivity (Wildman–Crippen MR) is 65.1 cm³/mol. The van der Waals surface area contributed by atoms with Crippen LogP contribution in [0.4, 0.5) is 0 Å². The summed E-state index contributed by atoms with van der Waals surface area (Å²) in [5.41, 5.74) is 1.31. The molecule has 0 atom stereocenters. The van der Waals surface area contributed by atoms with E-state index in [0.717, 1.165) is 5.69 Å². The highest BCUT2D eigenvalue weighted by molar-refractivity contribution is 5.75. The van der Waals surface area contributed by atoms with Gasteiger partial charge in [0, 0.05) is 11.9 Å². The summed E-state index contributed by atoms with van der Waals surface area (Å²) in [4.78, 5) is 19.7. The van der Waals surface area contributed by atoms with Crippen LogP contribution in [0.2, 0.25) is 0 Å². The van der Waals surface area contributed by atoms with Crippen molar-refractivity contribution in [2.45, 2.75) is 0 Å². The standard InChI is InChI=1S/C13H9N3O/c17-13-11-7-4-8-14-12(11)16(9-15-13)10-5-2-1-3-6-10/h1-9H. The minimum atomic E-state index is -0.250. The third-order valence-corrected chi connectivity index (χ3v) is 2.57. The van der Waals surface area contributed by atoms with Crippen molar-refractivity contribution < 1.29 is 0 Å². The van der Waals surface area contributed by atoms with Crippen LogP contribution in [0.3, 0.4) is 0 Å². The fourth-order valence-electron chi connectivity index (χ4n) is 1.77. The van der Waals surface area contributed by atoms with E-state index in [1.807, 2.05) is 30.3 Å². The Bertz CT molecular complexity index is 719. The summed E-state index contributed by atoms with van der Waals surface area (Å²) in [6.07, 6.45) is 3.17. The van der Waals surface area contributed by atoms with E-state index in [-0.39, 0.29) is 5.56 Å². The molecule has 0 saturated carbocycles. The molecule has 1 aromatic carbocycles. The molecule has 0 bridgehead atoms. The van der Waals surface area contributed by atoms with Gasteiger partial charge in [0.2, 0.25) is 0 Å². The van der Waals surface area contributed by atoms with Gasteiger partial charge >= 0.3 is 0 Å². The lowest BCUT2D eigenvalue weighted by molar-refractivity contribution is 0.992. The fraction of sp³-hybridized carbons (Fsp3) is 0. The number of benzene rings is 1. The summed E-state index contributed by atoms with van der Waals surface area (Å²) in [6.45, 7) is 0. The van der Waals surface area contributed by atoms with E-state index in [0.29, 0.717) is 11.0 Å². The molecule has 4 heteroatoms. The van der Waals surface area contributed by atoms with Crippen LogP contribution in [-0.2, 0) is 0 Å². The summed E-state index contributed by atoms with van der Waals surface area (Å²) in [7, 11) is 0. The van der Waals surface area contributed by atoms with Crippen molar-refractivity contribution in [1.29, 1.82) is 0 Å². The summed E-state index contributed by atoms with van der Waals surface area (Å²) in [5.74, 6) is 0. The van der Waals surface area contributed by atoms with Crippen molar-refractivity contribution in [3.8, 4) is 5.69 Å². The molecule has 0 aliphatic carbocycles. The number of hydrogen-bond donors (Lipinski definition) is 0. The molecule has 0 unspecified atom stereocenters. The summed E-state index contributed by atoms with van der Waals surface area (Å²) in [6, 6.07) is 13.2. The second kappa shape index (κ2) is 3.83. The molecule has 0 saturated heterocycles. The fourth-order valence-corrected chi connectivity index (χ4v) is 1.77. The normalized spacial score (nSPS) is 10.6. The lowest BCUT2D eigenvalue weighted by Gasteiger charge is -2.07. The Hall–Kier alpha value is -2.49. The van der Waals surface area contributed by atoms with Gasteiger partial charge in [-0.1, -0.05) is 18.2 Å². The minimum Gasteiger partial charge on any atom is -0.284 e. The van der Waals surface area contributed by atoms with Crippen molar-refractivity contribution in [1.82, 2.24) is 14.5 Å². The quantitative estimate of drug-likeness (QED) is 0.631. The number of pyridine rings is 1. The van der Waals surface area contributed by atoms with Crippen LogP contribution in [0.1, 0.15) is 0 Å². The first-order chi connectivity index (χ1) is 8.36. The summed E-state index contributed by atoms with van der Waals surface area (Å²) in [5, 5.41) is 0.527. The number of nitrogens with zero attached hydrogens (tertiary/aromatic N) is 3. The van der Waals surface area contributed by atoms with Crippen LogP contribution in [0, 0.1) is 0 Å². The van der Waals surface area contributed by atoms with Gasteiger partial charge in [0.15, 0.2) is 5.65 Å². The van der Waals surface area contributed by atoms with Gasteiger partial charge < -0.3 is 0 Å². The topological polar surface area (TPSA) is 47.8 Å². The van der Waals surface area contributed by atoms with Crippen LogP contribution in [0.5, 0.6) is 0 Å². The molecule has 0 aliphatic heterocycles. The van der Waals surface area contributed by atoms with Gasteiger partial charge in [-0.3, -0.25) is 9.36 Å². The Morgan fingerprint density at radius 3 is 2.59 bits per heavy atom. The third kappa shape index (κ3) is 1.59. The van der Waals surface area contributed by atoms with E-state index in [4.69, 9.17) is 0 Å². The van der Waals surface area contributed by atoms with Gasteiger partial charge in [-0.05, 0) is 24.3 Å². The molecule has 82 valence electrons. The second-order valence-corrected chi connectivity index (χ2v) is 3.63. The molecule has 0 fully saturated rings. The van der Waals surface area contributed by atoms with E-state index >= 15 is 0 Å². The van der Waals surface area contributed by atoms with Crippen LogP contribution >= 0.6 is 0 Å². The maximum Gasteiger partial charge on any atom is 0.282 e. The van der Waals surface area contributed by atoms with E-state index in [1.54, 1.807) is 22.9 Å². The number of para-hydroxylation sites is 1. The molecule has 2 heterocycles. The molecule has 2 aromatic heterocycles. The molecule has 3 rings (SSSR count). The Balaban J connectivity index is 2.39. The van der Waals surface area contributed by atoms with E-state index in [1.165, 1.54) is 6.33 Å². The van der Waals surface area contributed by atoms with E-state index in [2.05, 4.69) is 9.97 Å². The number of aromatic nitrogens is 3. The van der Waals surface area contributed by atoms with Gasteiger partial charge in [-0.25, -0.2) is 4.98 Å². The first kappa shape index (κ1) is 9.72. The Labute approximate surface area is 97.2 Å². The molecule has 0 N–H and O–H groups in total. The molecule has 0 aliphatic rings. The SMILES string of the molecule is O=c1ncn(-c2ccccc2)c2ncccc12. The highest BCUT2D eigenvalue weighted by Gasteiger charge is 2.05. The van der Waals surface area contributed by atoms with Crippen molar-refractivity contribution in [3.05, 3.63) is 65.3 Å². The van der Waals surface area contributed by atoms with E-state index in [9.17, 15) is 4.79 Å². The minimum absolute atomic E-state index is 0.250. The average Bonchev–Trinajstić information content (AvgIpc) is 2.41. The number of fused-ring (bicyclic) bond motifs is 1. The average molecular weight is 223 g/mol. The Kier molecular flexibility index (Phi) is 2.19. The second-order valence-electron chi connectivity index (χ2n) is 3.63. The van der Waals surface area contributed by atoms with Crippen molar-refractivity contribution in [2.24, 2.45) is 0 Å². The van der Waals surface area contributed by atoms with Crippen LogP contribution < -0.4 is 5.56 Å². The highest BCUT2D eigenvalue weighted by Crippen LogP contribution is 2.12. The Morgan fingerprint density at radius 2 is 1.76 bits per heavy atom. The van der Waals surface area contributed by atoms with Crippen LogP contribution in [0.15, 0.2) is 59.8 Å². The van der Waals surface area contributed by atoms with Crippen molar-refractivity contribution in [2.75, 3.05) is 0 Å². The molecule has 0 spiro atoms. The van der Waals surface area contributed by atoms with Crippen LogP contribution in [0.25, 0.3) is 16.7 Å². The summed E-state index contributed by atoms with van der Waals surface area (Å²) >= 11 is 0. The monoisotopic (exact) mass is 223 g/mol. The smallest absolute Gasteiger partial charge is 0.282 e. The van der Waals surface area contributed by atoms with Crippen molar-refractivity contribution in [3.63, 3.8) is 0 Å². The molecule has 3 aromatic rings. The maximum atomic E-state index is 11.6. The molecular weight excluding hydrogens is 214 g/mol. The molecular formula is C13H9N3O. The zero-order chi connectivity index (χ0) is 11.7. The van der Waals surface area contributed by atoms with Crippen molar-refractivity contribution >= 4 is 11.0 Å². The van der Waals surface area contributed by atoms with Gasteiger partial charge in [0.1, 0.15) is 6.33 Å². The largest absolute Gasteiger partial charge is 0.284 e. The number of hydrogen-bond acceptors (Lipinski definition) is 3. The van der Waals surface area contributed by atoms with Gasteiger partial charge in [-0.15, -0.1) is 0 Å². The van der Waals surface area contributed by atoms with E-state index < -0.39 is 0 Å². The highest BCUT2D eigenvalue weighted by atomic mass is 16.1. The lowest BCUT2D eigenvalue weighted by Crippen LogP contribution is -2.12. The van der Waals surface area contributed by atoms with Gasteiger partial charge in [0.25, 0.3) is 5.56 Å². The lowest BCUT2D eigenvalue weighted by atomic mass is 10.3. The predicted octanol–water partition coefficient (Wildman–Crippen LogP) is 1.78. The molecule has 0 radical (unpaired) electrons. The Morgan fingerprint density at radius 1 is 0.941 bits per heavy atom. The van der Waals surface area contributed by atoms with Crippen LogP contribution in [-0.4, -0.2) is 14.5 Å². The number of rotatable bonds is 1. The van der Waals surface area contributed by atoms with Gasteiger partial charge in [-0.2, -0.15) is 4.98 Å². The van der Waals surface area contributed by atoms with Gasteiger partial charge in [0.05, 0.1) is 5.39 Å². The zero-order valence-electron chi connectivity index (χ0n) is 8.95. The third-order valence-electron chi connectivity index (χ3n) is 2.57. The molecule has 4 nitrogen and oxygen atoms in total. The first-order valence-electron chi connectivity index (χ1n) is 5.24. The summed E-state index contributed by atoms with van der Waals surface area (Å²) < 4.78 is 1.80.